The van der Waals surface area contributed by atoms with Crippen LogP contribution in [0.25, 0.3) is 60.4 Å². The Hall–Kier alpha value is -4.30. The molecule has 0 amide bonds. The van der Waals surface area contributed by atoms with E-state index in [-0.39, 0.29) is 0 Å². The van der Waals surface area contributed by atoms with Crippen LogP contribution in [0, 0.1) is 13.8 Å². The van der Waals surface area contributed by atoms with Crippen molar-refractivity contribution in [1.82, 2.24) is 9.55 Å². The van der Waals surface area contributed by atoms with E-state index in [4.69, 9.17) is 0 Å². The fourth-order valence-electron chi connectivity index (χ4n) is 5.56. The minimum absolute atomic E-state index is 1.18. The molecule has 0 aliphatic rings. The van der Waals surface area contributed by atoms with Crippen LogP contribution in [0.5, 0.6) is 0 Å². The first-order valence-electron chi connectivity index (χ1n) is 11.8. The van der Waals surface area contributed by atoms with E-state index in [0.717, 1.165) is 0 Å². The molecular weight excluding hydrogens is 412 g/mol. The molecule has 7 aromatic rings. The van der Waals surface area contributed by atoms with Crippen LogP contribution in [0.15, 0.2) is 103 Å². The second-order valence-electron chi connectivity index (χ2n) is 9.18. The summed E-state index contributed by atoms with van der Waals surface area (Å²) in [5.41, 5.74) is 11.3. The number of aromatic nitrogens is 2. The van der Waals surface area contributed by atoms with E-state index in [9.17, 15) is 0 Å². The molecule has 2 aromatic heterocycles. The average molecular weight is 437 g/mol. The molecule has 0 fully saturated rings. The summed E-state index contributed by atoms with van der Waals surface area (Å²) in [6.07, 6.45) is 0. The van der Waals surface area contributed by atoms with Crippen molar-refractivity contribution in [3.05, 3.63) is 114 Å². The van der Waals surface area contributed by atoms with Crippen LogP contribution in [0.4, 0.5) is 0 Å². The van der Waals surface area contributed by atoms with Gasteiger partial charge in [-0.15, -0.1) is 0 Å². The molecule has 7 rings (SSSR count). The predicted octanol–water partition coefficient (Wildman–Crippen LogP) is 8.70. The molecule has 0 spiro atoms. The lowest BCUT2D eigenvalue weighted by Crippen LogP contribution is -2.00. The van der Waals surface area contributed by atoms with E-state index in [1.54, 1.807) is 0 Å². The van der Waals surface area contributed by atoms with Crippen molar-refractivity contribution in [3.8, 4) is 16.8 Å². The third-order valence-electron chi connectivity index (χ3n) is 7.40. The first kappa shape index (κ1) is 19.2. The number of fused-ring (bicyclic) bond motifs is 6. The zero-order valence-corrected chi connectivity index (χ0v) is 19.3. The van der Waals surface area contributed by atoms with Crippen molar-refractivity contribution in [2.75, 3.05) is 0 Å². The maximum Gasteiger partial charge on any atom is 0.0541 e. The molecule has 2 heterocycles. The average Bonchev–Trinajstić information content (AvgIpc) is 3.41. The highest BCUT2D eigenvalue weighted by atomic mass is 15.0. The monoisotopic (exact) mass is 436 g/mol. The lowest BCUT2D eigenvalue weighted by atomic mass is 9.94. The summed E-state index contributed by atoms with van der Waals surface area (Å²) in [4.78, 5) is 3.54. The van der Waals surface area contributed by atoms with E-state index in [0.29, 0.717) is 0 Å². The molecule has 0 atom stereocenters. The number of rotatable bonds is 2. The van der Waals surface area contributed by atoms with Gasteiger partial charge in [0.1, 0.15) is 0 Å². The van der Waals surface area contributed by atoms with Gasteiger partial charge >= 0.3 is 0 Å². The Morgan fingerprint density at radius 2 is 1.15 bits per heavy atom. The Morgan fingerprint density at radius 3 is 1.88 bits per heavy atom. The fourth-order valence-corrected chi connectivity index (χ4v) is 5.56. The molecule has 0 aliphatic heterocycles. The van der Waals surface area contributed by atoms with Crippen LogP contribution >= 0.6 is 0 Å². The van der Waals surface area contributed by atoms with Gasteiger partial charge in [-0.1, -0.05) is 66.7 Å². The van der Waals surface area contributed by atoms with Crippen molar-refractivity contribution in [2.24, 2.45) is 0 Å². The number of benzene rings is 5. The number of hydrogen-bond donors (Lipinski definition) is 1. The molecule has 0 radical (unpaired) electrons. The Labute approximate surface area is 198 Å². The molecule has 34 heavy (non-hydrogen) atoms. The van der Waals surface area contributed by atoms with Crippen LogP contribution in [0.1, 0.15) is 11.1 Å². The summed E-state index contributed by atoms with van der Waals surface area (Å²) in [5.74, 6) is 0. The molecule has 2 heteroatoms. The molecular formula is C32H24N2. The SMILES string of the molecule is Cc1c(-c2ccc3[nH]c4ccccc4c3c2)ccc(-n2c3ccccc3c3ccccc32)c1C. The van der Waals surface area contributed by atoms with Gasteiger partial charge in [0.25, 0.3) is 0 Å². The number of H-pyrrole nitrogens is 1. The molecule has 0 saturated heterocycles. The molecule has 0 aliphatic carbocycles. The van der Waals surface area contributed by atoms with Crippen molar-refractivity contribution in [2.45, 2.75) is 13.8 Å². The van der Waals surface area contributed by atoms with Gasteiger partial charge in [0.2, 0.25) is 0 Å². The molecule has 2 nitrogen and oxygen atoms in total. The van der Waals surface area contributed by atoms with E-state index in [1.165, 1.54) is 71.6 Å². The van der Waals surface area contributed by atoms with E-state index >= 15 is 0 Å². The second-order valence-corrected chi connectivity index (χ2v) is 9.18. The second kappa shape index (κ2) is 7.10. The van der Waals surface area contributed by atoms with E-state index in [2.05, 4.69) is 127 Å². The van der Waals surface area contributed by atoms with Gasteiger partial charge in [-0.25, -0.2) is 0 Å². The van der Waals surface area contributed by atoms with Crippen LogP contribution in [0.3, 0.4) is 0 Å². The van der Waals surface area contributed by atoms with Crippen molar-refractivity contribution in [3.63, 3.8) is 0 Å². The van der Waals surface area contributed by atoms with Crippen molar-refractivity contribution >= 4 is 43.6 Å². The molecule has 0 bridgehead atoms. The lowest BCUT2D eigenvalue weighted by molar-refractivity contribution is 1.13. The van der Waals surface area contributed by atoms with Gasteiger partial charge in [0.15, 0.2) is 0 Å². The van der Waals surface area contributed by atoms with Crippen LogP contribution in [0.2, 0.25) is 0 Å². The number of aromatic amines is 1. The summed E-state index contributed by atoms with van der Waals surface area (Å²) in [5, 5.41) is 5.14. The maximum atomic E-state index is 3.54. The smallest absolute Gasteiger partial charge is 0.0541 e. The maximum absolute atomic E-state index is 3.54. The topological polar surface area (TPSA) is 20.7 Å². The molecule has 5 aromatic carbocycles. The van der Waals surface area contributed by atoms with Crippen LogP contribution < -0.4 is 0 Å². The summed E-state index contributed by atoms with van der Waals surface area (Å²) in [6, 6.07) is 37.3. The Balaban J connectivity index is 1.45. The number of hydrogen-bond acceptors (Lipinski definition) is 0. The third-order valence-corrected chi connectivity index (χ3v) is 7.40. The number of nitrogens with zero attached hydrogens (tertiary/aromatic N) is 1. The van der Waals surface area contributed by atoms with Gasteiger partial charge in [0, 0.05) is 38.3 Å². The molecule has 1 N–H and O–H groups in total. The van der Waals surface area contributed by atoms with E-state index < -0.39 is 0 Å². The zero-order chi connectivity index (χ0) is 22.8. The zero-order valence-electron chi connectivity index (χ0n) is 19.3. The van der Waals surface area contributed by atoms with Crippen LogP contribution in [-0.2, 0) is 0 Å². The highest BCUT2D eigenvalue weighted by Crippen LogP contribution is 2.37. The minimum atomic E-state index is 1.18. The number of para-hydroxylation sites is 3. The van der Waals surface area contributed by atoms with Gasteiger partial charge in [0.05, 0.1) is 11.0 Å². The Bertz CT molecular complexity index is 1830. The molecule has 0 saturated carbocycles. The van der Waals surface area contributed by atoms with E-state index in [1.807, 2.05) is 0 Å². The van der Waals surface area contributed by atoms with Gasteiger partial charge in [-0.3, -0.25) is 0 Å². The molecule has 162 valence electrons. The Kier molecular flexibility index (Phi) is 4.01. The van der Waals surface area contributed by atoms with Crippen molar-refractivity contribution < 1.29 is 0 Å². The Morgan fingerprint density at radius 1 is 0.529 bits per heavy atom. The lowest BCUT2D eigenvalue weighted by Gasteiger charge is -2.17. The first-order valence-corrected chi connectivity index (χ1v) is 11.8. The fraction of sp³-hybridized carbons (Fsp3) is 0.0625. The van der Waals surface area contributed by atoms with Gasteiger partial charge < -0.3 is 9.55 Å². The normalized spacial score (nSPS) is 11.8. The number of nitrogens with one attached hydrogen (secondary N) is 1. The van der Waals surface area contributed by atoms with Gasteiger partial charge in [-0.05, 0) is 72.5 Å². The summed E-state index contributed by atoms with van der Waals surface area (Å²) in [7, 11) is 0. The van der Waals surface area contributed by atoms with Crippen molar-refractivity contribution in [1.29, 1.82) is 0 Å². The predicted molar refractivity (Wildman–Crippen MR) is 145 cm³/mol. The quantitative estimate of drug-likeness (QED) is 0.280. The minimum Gasteiger partial charge on any atom is -0.355 e. The summed E-state index contributed by atoms with van der Waals surface area (Å²) >= 11 is 0. The highest BCUT2D eigenvalue weighted by molar-refractivity contribution is 6.10. The molecule has 0 unspecified atom stereocenters. The summed E-state index contributed by atoms with van der Waals surface area (Å²) < 4.78 is 2.42. The largest absolute Gasteiger partial charge is 0.355 e. The standard InChI is InChI=1S/C32H24N2/c1-20-21(2)30(34-31-13-7-4-10-25(31)26-11-5-8-14-32(26)34)18-16-23(20)22-15-17-29-27(19-22)24-9-3-6-12-28(24)33-29/h3-19,33H,1-2H3. The van der Waals surface area contributed by atoms with Gasteiger partial charge in [-0.2, -0.15) is 0 Å². The third kappa shape index (κ3) is 2.63. The first-order chi connectivity index (χ1) is 16.7. The van der Waals surface area contributed by atoms with Crippen LogP contribution in [-0.4, -0.2) is 9.55 Å². The highest BCUT2D eigenvalue weighted by Gasteiger charge is 2.16. The summed E-state index contributed by atoms with van der Waals surface area (Å²) in [6.45, 7) is 4.50.